The van der Waals surface area contributed by atoms with Crippen LogP contribution in [0.15, 0.2) is 63.9 Å². The summed E-state index contributed by atoms with van der Waals surface area (Å²) in [6.07, 6.45) is 0.842. The second-order valence-electron chi connectivity index (χ2n) is 6.24. The lowest BCUT2D eigenvalue weighted by Crippen LogP contribution is -2.38. The monoisotopic (exact) mass is 359 g/mol. The van der Waals surface area contributed by atoms with Crippen molar-refractivity contribution in [3.8, 4) is 0 Å². The van der Waals surface area contributed by atoms with Crippen LogP contribution in [0.25, 0.3) is 11.0 Å². The van der Waals surface area contributed by atoms with Gasteiger partial charge in [-0.15, -0.1) is 0 Å². The van der Waals surface area contributed by atoms with Gasteiger partial charge in [0, 0.05) is 11.9 Å². The number of para-hydroxylation sites is 1. The molecule has 1 heterocycles. The highest BCUT2D eigenvalue weighted by molar-refractivity contribution is 7.89. The molecule has 5 nitrogen and oxygen atoms in total. The van der Waals surface area contributed by atoms with Gasteiger partial charge in [0.1, 0.15) is 16.9 Å². The molecule has 2 aromatic carbocycles. The predicted octanol–water partition coefficient (Wildman–Crippen LogP) is 3.18. The average molecular weight is 359 g/mol. The lowest BCUT2D eigenvalue weighted by Gasteiger charge is -2.21. The fraction of sp³-hybridized carbons (Fsp3) is 0.263. The maximum atomic E-state index is 12.4. The molecule has 0 spiro atoms. The molecule has 0 saturated carbocycles. The minimum Gasteiger partial charge on any atom is -0.458 e. The molecule has 0 radical (unpaired) electrons. The van der Waals surface area contributed by atoms with Crippen LogP contribution in [-0.4, -0.2) is 20.1 Å². The SMILES string of the molecule is CCc1ccc(S(=O)(=O)NCC(C)(O)c2cc3ccccc3o2)cc1. The molecule has 0 aliphatic heterocycles. The molecule has 2 N–H and O–H groups in total. The molecule has 3 aromatic rings. The van der Waals surface area contributed by atoms with Crippen LogP contribution >= 0.6 is 0 Å². The molecule has 6 heteroatoms. The van der Waals surface area contributed by atoms with Gasteiger partial charge in [0.2, 0.25) is 10.0 Å². The Bertz CT molecular complexity index is 939. The molecule has 3 rings (SSSR count). The van der Waals surface area contributed by atoms with Gasteiger partial charge in [-0.05, 0) is 43.2 Å². The summed E-state index contributed by atoms with van der Waals surface area (Å²) in [5.74, 6) is 0.317. The van der Waals surface area contributed by atoms with E-state index in [0.29, 0.717) is 11.3 Å². The number of aryl methyl sites for hydroxylation is 1. The highest BCUT2D eigenvalue weighted by Gasteiger charge is 2.29. The molecule has 0 bridgehead atoms. The zero-order chi connectivity index (χ0) is 18.1. The van der Waals surface area contributed by atoms with Gasteiger partial charge in [-0.3, -0.25) is 0 Å². The second kappa shape index (κ2) is 6.63. The van der Waals surface area contributed by atoms with E-state index >= 15 is 0 Å². The number of rotatable bonds is 6. The fourth-order valence-electron chi connectivity index (χ4n) is 2.56. The number of benzene rings is 2. The smallest absolute Gasteiger partial charge is 0.240 e. The van der Waals surface area contributed by atoms with Crippen LogP contribution in [0.3, 0.4) is 0 Å². The van der Waals surface area contributed by atoms with Crippen LogP contribution in [0.4, 0.5) is 0 Å². The summed E-state index contributed by atoms with van der Waals surface area (Å²) in [6, 6.07) is 15.8. The van der Waals surface area contributed by atoms with Crippen molar-refractivity contribution < 1.29 is 17.9 Å². The quantitative estimate of drug-likeness (QED) is 0.708. The number of nitrogens with one attached hydrogen (secondary N) is 1. The second-order valence-corrected chi connectivity index (χ2v) is 8.01. The number of furan rings is 1. The van der Waals surface area contributed by atoms with Crippen molar-refractivity contribution in [2.24, 2.45) is 0 Å². The molecule has 1 atom stereocenters. The Morgan fingerprint density at radius 2 is 1.80 bits per heavy atom. The molecule has 1 unspecified atom stereocenters. The third kappa shape index (κ3) is 3.76. The molecule has 132 valence electrons. The first-order valence-corrected chi connectivity index (χ1v) is 9.60. The number of hydrogen-bond acceptors (Lipinski definition) is 4. The zero-order valence-electron chi connectivity index (χ0n) is 14.2. The molecular weight excluding hydrogens is 338 g/mol. The molecule has 1 aromatic heterocycles. The highest BCUT2D eigenvalue weighted by atomic mass is 32.2. The molecule has 0 amide bonds. The Hall–Kier alpha value is -2.15. The van der Waals surface area contributed by atoms with E-state index in [4.69, 9.17) is 4.42 Å². The zero-order valence-corrected chi connectivity index (χ0v) is 15.0. The molecular formula is C19H21NO4S. The van der Waals surface area contributed by atoms with E-state index in [9.17, 15) is 13.5 Å². The van der Waals surface area contributed by atoms with Gasteiger partial charge in [0.25, 0.3) is 0 Å². The van der Waals surface area contributed by atoms with E-state index < -0.39 is 15.6 Å². The molecule has 0 fully saturated rings. The summed E-state index contributed by atoms with van der Waals surface area (Å²) in [5.41, 5.74) is 0.249. The van der Waals surface area contributed by atoms with E-state index in [2.05, 4.69) is 4.72 Å². The maximum Gasteiger partial charge on any atom is 0.240 e. The van der Waals surface area contributed by atoms with Crippen LogP contribution in [0, 0.1) is 0 Å². The van der Waals surface area contributed by atoms with Crippen molar-refractivity contribution in [2.75, 3.05) is 6.54 Å². The number of fused-ring (bicyclic) bond motifs is 1. The van der Waals surface area contributed by atoms with E-state index in [1.807, 2.05) is 25.1 Å². The molecule has 25 heavy (non-hydrogen) atoms. The van der Waals surface area contributed by atoms with E-state index in [-0.39, 0.29) is 11.4 Å². The fourth-order valence-corrected chi connectivity index (χ4v) is 3.69. The van der Waals surface area contributed by atoms with E-state index in [0.717, 1.165) is 17.4 Å². The first-order chi connectivity index (χ1) is 11.8. The average Bonchev–Trinajstić information content (AvgIpc) is 3.05. The normalized spacial score (nSPS) is 14.5. The topological polar surface area (TPSA) is 79.5 Å². The highest BCUT2D eigenvalue weighted by Crippen LogP contribution is 2.27. The van der Waals surface area contributed by atoms with Crippen molar-refractivity contribution >= 4 is 21.0 Å². The largest absolute Gasteiger partial charge is 0.458 e. The first kappa shape index (κ1) is 17.7. The van der Waals surface area contributed by atoms with Crippen molar-refractivity contribution in [3.63, 3.8) is 0 Å². The van der Waals surface area contributed by atoms with Gasteiger partial charge in [-0.1, -0.05) is 37.3 Å². The Kier molecular flexibility index (Phi) is 4.69. The summed E-state index contributed by atoms with van der Waals surface area (Å²) in [5, 5.41) is 11.5. The number of aliphatic hydroxyl groups is 1. The predicted molar refractivity (Wildman–Crippen MR) is 96.8 cm³/mol. The van der Waals surface area contributed by atoms with Gasteiger partial charge in [0.15, 0.2) is 0 Å². The van der Waals surface area contributed by atoms with Gasteiger partial charge >= 0.3 is 0 Å². The van der Waals surface area contributed by atoms with Gasteiger partial charge in [-0.25, -0.2) is 13.1 Å². The Morgan fingerprint density at radius 3 is 2.44 bits per heavy atom. The van der Waals surface area contributed by atoms with E-state index in [1.165, 1.54) is 6.92 Å². The van der Waals surface area contributed by atoms with Gasteiger partial charge < -0.3 is 9.52 Å². The van der Waals surface area contributed by atoms with Crippen LogP contribution in [0.1, 0.15) is 25.2 Å². The number of hydrogen-bond donors (Lipinski definition) is 2. The Morgan fingerprint density at radius 1 is 1.12 bits per heavy atom. The van der Waals surface area contributed by atoms with Crippen molar-refractivity contribution in [2.45, 2.75) is 30.8 Å². The van der Waals surface area contributed by atoms with Crippen LogP contribution in [-0.2, 0) is 22.0 Å². The van der Waals surface area contributed by atoms with Crippen molar-refractivity contribution in [1.82, 2.24) is 4.72 Å². The molecule has 0 aliphatic rings. The summed E-state index contributed by atoms with van der Waals surface area (Å²) in [4.78, 5) is 0.171. The van der Waals surface area contributed by atoms with Crippen molar-refractivity contribution in [3.05, 3.63) is 65.9 Å². The summed E-state index contributed by atoms with van der Waals surface area (Å²) in [7, 11) is -3.71. The van der Waals surface area contributed by atoms with Crippen LogP contribution in [0.2, 0.25) is 0 Å². The van der Waals surface area contributed by atoms with Crippen LogP contribution < -0.4 is 4.72 Å². The molecule has 0 saturated heterocycles. The first-order valence-electron chi connectivity index (χ1n) is 8.12. The minimum atomic E-state index is -3.71. The standard InChI is InChI=1S/C19H21NO4S/c1-3-14-8-10-16(11-9-14)25(22,23)20-13-19(2,21)18-12-15-6-4-5-7-17(15)24-18/h4-12,20-21H,3,13H2,1-2H3. The minimum absolute atomic E-state index is 0.171. The van der Waals surface area contributed by atoms with E-state index in [1.54, 1.807) is 36.4 Å². The van der Waals surface area contributed by atoms with Gasteiger partial charge in [-0.2, -0.15) is 0 Å². The Balaban J connectivity index is 1.78. The molecule has 0 aliphatic carbocycles. The van der Waals surface area contributed by atoms with Crippen LogP contribution in [0.5, 0.6) is 0 Å². The van der Waals surface area contributed by atoms with Gasteiger partial charge in [0.05, 0.1) is 4.90 Å². The lowest BCUT2D eigenvalue weighted by atomic mass is 10.0. The van der Waals surface area contributed by atoms with Crippen molar-refractivity contribution in [1.29, 1.82) is 0 Å². The maximum absolute atomic E-state index is 12.4. The summed E-state index contributed by atoms with van der Waals surface area (Å²) in [6.45, 7) is 3.34. The third-order valence-corrected chi connectivity index (χ3v) is 5.62. The summed E-state index contributed by atoms with van der Waals surface area (Å²) < 4.78 is 33.0. The summed E-state index contributed by atoms with van der Waals surface area (Å²) >= 11 is 0. The number of sulfonamides is 1. The third-order valence-electron chi connectivity index (χ3n) is 4.20. The lowest BCUT2D eigenvalue weighted by molar-refractivity contribution is 0.0412. The Labute approximate surface area is 147 Å².